The van der Waals surface area contributed by atoms with Crippen molar-refractivity contribution in [2.24, 2.45) is 0 Å². The number of allylic oxidation sites excluding steroid dienone is 4. The number of hydrogen-bond donors (Lipinski definition) is 0. The Morgan fingerprint density at radius 2 is 0.623 bits per heavy atom. The van der Waals surface area contributed by atoms with E-state index in [9.17, 15) is 9.59 Å². The molecule has 0 aliphatic rings. The second-order valence-corrected chi connectivity index (χ2v) is 19.3. The third-order valence-electron chi connectivity index (χ3n) is 9.57. The van der Waals surface area contributed by atoms with Crippen LogP contribution in [0.1, 0.15) is 233 Å². The fraction of sp³-hybridized carbons (Fsp3) is 0.833. The summed E-state index contributed by atoms with van der Waals surface area (Å²) in [6, 6.07) is 0. The number of ether oxygens (including phenoxy) is 2. The molecule has 0 fully saturated rings. The Kier molecular flexibility index (Phi) is 52.0. The maximum absolute atomic E-state index is 11.8. The van der Waals surface area contributed by atoms with Gasteiger partial charge in [-0.3, -0.25) is 0 Å². The molecule has 2 radical (unpaired) electrons. The monoisotopic (exact) mass is 851 g/mol. The zero-order valence-electron chi connectivity index (χ0n) is 36.1. The van der Waals surface area contributed by atoms with Gasteiger partial charge in [-0.25, -0.2) is 9.59 Å². The minimum atomic E-state index is -0.466. The molecule has 4 nitrogen and oxygen atoms in total. The van der Waals surface area contributed by atoms with E-state index in [1.54, 1.807) is 8.87 Å². The molecular weight excluding hydrogens is 759 g/mol. The second kappa shape index (κ2) is 51.0. The minimum absolute atomic E-state index is 0.149. The first-order valence-corrected chi connectivity index (χ1v) is 27.2. The van der Waals surface area contributed by atoms with E-state index in [4.69, 9.17) is 9.47 Å². The first-order chi connectivity index (χ1) is 26.1. The summed E-state index contributed by atoms with van der Waals surface area (Å²) in [6.45, 7) is 9.94. The SMILES string of the molecule is CCCCCCCCC=CCCCCCCCCOC(=O)C=CC(=O)OCCCCCCCCC=CCCCCCCCC.CCC[CH2][Sn][CH2]CCC. The van der Waals surface area contributed by atoms with Crippen LogP contribution in [0.4, 0.5) is 0 Å². The number of hydrogen-bond acceptors (Lipinski definition) is 4. The molecule has 53 heavy (non-hydrogen) atoms. The standard InChI is InChI=1S/C40H72O4.2C4H9.Sn/c1-3-5-7-9-11-13-15-17-19-21-23-25-27-29-31-33-37-43-39(41)35-36-40(42)44-38-34-32-30-28-26-24-22-20-18-16-14-12-10-8-6-4-2;2*1-3-4-2;/h17-20,35-36H,3-16,21-34,37-38H2,1-2H3;2*1,3-4H2,2H3;. The van der Waals surface area contributed by atoms with Crippen molar-refractivity contribution in [3.8, 4) is 0 Å². The van der Waals surface area contributed by atoms with Crippen LogP contribution in [0.15, 0.2) is 36.5 Å². The van der Waals surface area contributed by atoms with Crippen LogP contribution < -0.4 is 0 Å². The van der Waals surface area contributed by atoms with Gasteiger partial charge in [-0.15, -0.1) is 0 Å². The quantitative estimate of drug-likeness (QED) is 0.0203. The van der Waals surface area contributed by atoms with Gasteiger partial charge in [0, 0.05) is 12.2 Å². The molecule has 0 rings (SSSR count). The number of unbranched alkanes of at least 4 members (excludes halogenated alkanes) is 26. The number of carbonyl (C=O) groups is 2. The van der Waals surface area contributed by atoms with Gasteiger partial charge >= 0.3 is 81.5 Å². The molecule has 0 heterocycles. The molecule has 0 bridgehead atoms. The first-order valence-electron chi connectivity index (χ1n) is 23.1. The number of rotatable bonds is 40. The summed E-state index contributed by atoms with van der Waals surface area (Å²) in [6.07, 6.45) is 52.7. The van der Waals surface area contributed by atoms with E-state index in [2.05, 4.69) is 52.0 Å². The van der Waals surface area contributed by atoms with Gasteiger partial charge in [0.25, 0.3) is 0 Å². The zero-order chi connectivity index (χ0) is 39.0. The molecule has 0 aliphatic carbocycles. The van der Waals surface area contributed by atoms with Crippen LogP contribution in [0, 0.1) is 0 Å². The molecule has 0 aromatic rings. The molecule has 0 N–H and O–H groups in total. The first kappa shape index (κ1) is 54.1. The summed E-state index contributed by atoms with van der Waals surface area (Å²) >= 11 is 0.149. The molecule has 5 heteroatoms. The topological polar surface area (TPSA) is 52.6 Å². The van der Waals surface area contributed by atoms with Crippen LogP contribution in [0.5, 0.6) is 0 Å². The third-order valence-corrected chi connectivity index (χ3v) is 13.6. The summed E-state index contributed by atoms with van der Waals surface area (Å²) < 4.78 is 13.7. The Morgan fingerprint density at radius 1 is 0.358 bits per heavy atom. The predicted octanol–water partition coefficient (Wildman–Crippen LogP) is 15.8. The molecule has 0 saturated heterocycles. The van der Waals surface area contributed by atoms with E-state index in [0.29, 0.717) is 13.2 Å². The molecular formula is C48H90O4Sn. The normalized spacial score (nSPS) is 11.5. The Morgan fingerprint density at radius 3 is 0.925 bits per heavy atom. The van der Waals surface area contributed by atoms with E-state index in [-0.39, 0.29) is 21.1 Å². The molecule has 0 aliphatic heterocycles. The van der Waals surface area contributed by atoms with Gasteiger partial charge in [0.15, 0.2) is 0 Å². The molecule has 0 saturated carbocycles. The van der Waals surface area contributed by atoms with Gasteiger partial charge in [-0.05, 0) is 64.2 Å². The summed E-state index contributed by atoms with van der Waals surface area (Å²) in [5, 5.41) is 0. The van der Waals surface area contributed by atoms with Crippen molar-refractivity contribution in [2.45, 2.75) is 242 Å². The maximum atomic E-state index is 11.8. The van der Waals surface area contributed by atoms with Crippen molar-refractivity contribution in [2.75, 3.05) is 13.2 Å². The molecule has 0 amide bonds. The van der Waals surface area contributed by atoms with Crippen LogP contribution >= 0.6 is 0 Å². The second-order valence-electron chi connectivity index (χ2n) is 15.0. The van der Waals surface area contributed by atoms with E-state index < -0.39 is 11.9 Å². The molecule has 0 unspecified atom stereocenters. The van der Waals surface area contributed by atoms with Crippen molar-refractivity contribution < 1.29 is 19.1 Å². The average molecular weight is 850 g/mol. The van der Waals surface area contributed by atoms with Crippen molar-refractivity contribution >= 4 is 33.1 Å². The summed E-state index contributed by atoms with van der Waals surface area (Å²) in [4.78, 5) is 23.6. The summed E-state index contributed by atoms with van der Waals surface area (Å²) in [5.41, 5.74) is 0. The third kappa shape index (κ3) is 53.1. The fourth-order valence-electron chi connectivity index (χ4n) is 6.01. The van der Waals surface area contributed by atoms with E-state index in [0.717, 1.165) is 25.7 Å². The van der Waals surface area contributed by atoms with Crippen molar-refractivity contribution in [3.05, 3.63) is 36.5 Å². The van der Waals surface area contributed by atoms with Gasteiger partial charge < -0.3 is 9.47 Å². The van der Waals surface area contributed by atoms with Crippen LogP contribution in [0.2, 0.25) is 8.87 Å². The fourth-order valence-corrected chi connectivity index (χ4v) is 10.2. The van der Waals surface area contributed by atoms with Crippen molar-refractivity contribution in [1.82, 2.24) is 0 Å². The van der Waals surface area contributed by atoms with Crippen LogP contribution in [0.25, 0.3) is 0 Å². The van der Waals surface area contributed by atoms with Gasteiger partial charge in [0.2, 0.25) is 0 Å². The predicted molar refractivity (Wildman–Crippen MR) is 235 cm³/mol. The molecule has 0 spiro atoms. The Balaban J connectivity index is 0. The van der Waals surface area contributed by atoms with Gasteiger partial charge in [-0.2, -0.15) is 0 Å². The summed E-state index contributed by atoms with van der Waals surface area (Å²) in [5.74, 6) is -0.932. The molecule has 0 aromatic heterocycles. The number of carbonyl (C=O) groups excluding carboxylic acids is 2. The number of esters is 2. The van der Waals surface area contributed by atoms with Crippen LogP contribution in [-0.4, -0.2) is 46.3 Å². The van der Waals surface area contributed by atoms with Gasteiger partial charge in [-0.1, -0.05) is 154 Å². The van der Waals surface area contributed by atoms with E-state index in [1.807, 2.05) is 0 Å². The Bertz CT molecular complexity index is 741. The molecule has 0 atom stereocenters. The van der Waals surface area contributed by atoms with Gasteiger partial charge in [0.1, 0.15) is 0 Å². The van der Waals surface area contributed by atoms with Crippen molar-refractivity contribution in [1.29, 1.82) is 0 Å². The van der Waals surface area contributed by atoms with Crippen molar-refractivity contribution in [3.63, 3.8) is 0 Å². The van der Waals surface area contributed by atoms with E-state index >= 15 is 0 Å². The molecule has 0 aromatic carbocycles. The average Bonchev–Trinajstić information content (AvgIpc) is 3.16. The van der Waals surface area contributed by atoms with Crippen LogP contribution in [-0.2, 0) is 19.1 Å². The Hall–Kier alpha value is -1.04. The van der Waals surface area contributed by atoms with Gasteiger partial charge in [0.05, 0.1) is 13.2 Å². The van der Waals surface area contributed by atoms with Crippen LogP contribution in [0.3, 0.4) is 0 Å². The van der Waals surface area contributed by atoms with E-state index in [1.165, 1.54) is 192 Å². The zero-order valence-corrected chi connectivity index (χ0v) is 38.9. The molecule has 310 valence electrons. The Labute approximate surface area is 342 Å². The summed E-state index contributed by atoms with van der Waals surface area (Å²) in [7, 11) is 0.